The summed E-state index contributed by atoms with van der Waals surface area (Å²) < 4.78 is 0. The van der Waals surface area contributed by atoms with Crippen LogP contribution < -0.4 is 0 Å². The highest BCUT2D eigenvalue weighted by Gasteiger charge is 2.19. The van der Waals surface area contributed by atoms with Crippen molar-refractivity contribution in [2.24, 2.45) is 11.8 Å². The van der Waals surface area contributed by atoms with Gasteiger partial charge in [0.15, 0.2) is 0 Å². The van der Waals surface area contributed by atoms with Crippen molar-refractivity contribution in [1.82, 2.24) is 0 Å². The van der Waals surface area contributed by atoms with E-state index in [-0.39, 0.29) is 12.8 Å². The van der Waals surface area contributed by atoms with Crippen LogP contribution in [-0.2, 0) is 5.41 Å². The predicted molar refractivity (Wildman–Crippen MR) is 88.9 cm³/mol. The molecule has 0 saturated carbocycles. The van der Waals surface area contributed by atoms with E-state index in [1.807, 2.05) is 0 Å². The zero-order chi connectivity index (χ0) is 13.9. The van der Waals surface area contributed by atoms with Gasteiger partial charge in [-0.25, -0.2) is 0 Å². The Bertz CT molecular complexity index is 349. The van der Waals surface area contributed by atoms with Gasteiger partial charge in [-0.1, -0.05) is 80.2 Å². The first-order valence-corrected chi connectivity index (χ1v) is 7.32. The summed E-state index contributed by atoms with van der Waals surface area (Å²) >= 11 is 0. The van der Waals surface area contributed by atoms with Gasteiger partial charge in [0.25, 0.3) is 0 Å². The third-order valence-electron chi connectivity index (χ3n) is 3.73. The first-order chi connectivity index (χ1) is 8.21. The maximum atomic E-state index is 2.34. The van der Waals surface area contributed by atoms with Crippen LogP contribution in [0.25, 0.3) is 0 Å². The van der Waals surface area contributed by atoms with E-state index >= 15 is 0 Å². The molecule has 1 atom stereocenters. The minimum atomic E-state index is 0. The lowest BCUT2D eigenvalue weighted by Gasteiger charge is -2.25. The maximum Gasteiger partial charge on any atom is -0.0132 e. The van der Waals surface area contributed by atoms with Crippen molar-refractivity contribution in [1.29, 1.82) is 0 Å². The minimum Gasteiger partial charge on any atom is -0.0776 e. The molecule has 0 bridgehead atoms. The van der Waals surface area contributed by atoms with Crippen molar-refractivity contribution in [2.45, 2.75) is 73.6 Å². The Hall–Kier alpha value is -0.780. The minimum absolute atomic E-state index is 0. The van der Waals surface area contributed by atoms with Crippen LogP contribution in [-0.4, -0.2) is 0 Å². The van der Waals surface area contributed by atoms with Crippen molar-refractivity contribution < 1.29 is 0 Å². The van der Waals surface area contributed by atoms with Gasteiger partial charge < -0.3 is 0 Å². The molecule has 0 heteroatoms. The zero-order valence-electron chi connectivity index (χ0n) is 13.2. The van der Waals surface area contributed by atoms with Gasteiger partial charge in [-0.05, 0) is 40.7 Å². The first kappa shape index (κ1) is 18.2. The number of benzene rings is 1. The third kappa shape index (κ3) is 5.38. The van der Waals surface area contributed by atoms with E-state index < -0.39 is 0 Å². The Morgan fingerprint density at radius 3 is 1.68 bits per heavy atom. The predicted octanol–water partition coefficient (Wildman–Crippen LogP) is 6.41. The lowest BCUT2D eigenvalue weighted by Crippen LogP contribution is -2.13. The van der Waals surface area contributed by atoms with Crippen LogP contribution in [0.1, 0.15) is 79.4 Å². The fourth-order valence-electron chi connectivity index (χ4n) is 2.53. The molecule has 0 N–H and O–H groups in total. The van der Waals surface area contributed by atoms with E-state index in [4.69, 9.17) is 0 Å². The van der Waals surface area contributed by atoms with Crippen molar-refractivity contribution in [3.05, 3.63) is 35.4 Å². The van der Waals surface area contributed by atoms with Crippen molar-refractivity contribution in [3.63, 3.8) is 0 Å². The molecule has 0 radical (unpaired) electrons. The highest BCUT2D eigenvalue weighted by Crippen LogP contribution is 2.32. The Morgan fingerprint density at radius 1 is 0.895 bits per heavy atom. The summed E-state index contributed by atoms with van der Waals surface area (Å²) in [5.41, 5.74) is 3.19. The van der Waals surface area contributed by atoms with Crippen molar-refractivity contribution >= 4 is 0 Å². The summed E-state index contributed by atoms with van der Waals surface area (Å²) in [6.07, 6.45) is 1.28. The van der Waals surface area contributed by atoms with Gasteiger partial charge in [0.05, 0.1) is 0 Å². The topological polar surface area (TPSA) is 0 Å². The van der Waals surface area contributed by atoms with Gasteiger partial charge in [-0.2, -0.15) is 0 Å². The van der Waals surface area contributed by atoms with Crippen LogP contribution in [0.15, 0.2) is 24.3 Å². The van der Waals surface area contributed by atoms with Crippen molar-refractivity contribution in [2.75, 3.05) is 0 Å². The van der Waals surface area contributed by atoms with Crippen LogP contribution in [0.5, 0.6) is 0 Å². The molecule has 0 aliphatic heterocycles. The highest BCUT2D eigenvalue weighted by molar-refractivity contribution is 5.29. The average Bonchev–Trinajstić information content (AvgIpc) is 2.24. The molecular formula is C19H34. The van der Waals surface area contributed by atoms with Gasteiger partial charge in [0.1, 0.15) is 0 Å². The van der Waals surface area contributed by atoms with Crippen molar-refractivity contribution in [3.8, 4) is 0 Å². The van der Waals surface area contributed by atoms with Crippen LogP contribution >= 0.6 is 0 Å². The molecule has 0 heterocycles. The molecule has 19 heavy (non-hydrogen) atoms. The standard InChI is InChI=1S/C18H30.CH4/c1-13(2)12-17(14(3)4)15-8-10-16(11-9-15)18(5,6)7;/h8-11,13-14,17H,12H2,1-7H3;1H4. The quantitative estimate of drug-likeness (QED) is 0.588. The molecule has 0 aliphatic rings. The normalized spacial score (nSPS) is 13.5. The zero-order valence-corrected chi connectivity index (χ0v) is 13.2. The molecule has 0 saturated heterocycles. The Labute approximate surface area is 121 Å². The number of hydrogen-bond acceptors (Lipinski definition) is 0. The van der Waals surface area contributed by atoms with E-state index in [9.17, 15) is 0 Å². The molecule has 1 aromatic rings. The number of hydrogen-bond donors (Lipinski definition) is 0. The van der Waals surface area contributed by atoms with E-state index in [2.05, 4.69) is 72.7 Å². The van der Waals surface area contributed by atoms with Gasteiger partial charge in [0, 0.05) is 0 Å². The van der Waals surface area contributed by atoms with Gasteiger partial charge in [-0.15, -0.1) is 0 Å². The Balaban J connectivity index is 0.00000324. The summed E-state index contributed by atoms with van der Waals surface area (Å²) in [6.45, 7) is 16.1. The lowest BCUT2D eigenvalue weighted by atomic mass is 9.80. The summed E-state index contributed by atoms with van der Waals surface area (Å²) in [5, 5.41) is 0. The monoisotopic (exact) mass is 262 g/mol. The Kier molecular flexibility index (Phi) is 6.83. The average molecular weight is 262 g/mol. The fraction of sp³-hybridized carbons (Fsp3) is 0.684. The molecule has 1 unspecified atom stereocenters. The molecule has 1 rings (SSSR count). The van der Waals surface area contributed by atoms with E-state index in [1.54, 1.807) is 0 Å². The molecule has 0 nitrogen and oxygen atoms in total. The second kappa shape index (κ2) is 7.12. The van der Waals surface area contributed by atoms with Crippen LogP contribution in [0.2, 0.25) is 0 Å². The second-order valence-electron chi connectivity index (χ2n) is 7.35. The maximum absolute atomic E-state index is 2.34. The number of rotatable bonds is 4. The Morgan fingerprint density at radius 2 is 1.37 bits per heavy atom. The summed E-state index contributed by atoms with van der Waals surface area (Å²) in [5.74, 6) is 2.17. The van der Waals surface area contributed by atoms with E-state index in [0.717, 1.165) is 5.92 Å². The molecular weight excluding hydrogens is 228 g/mol. The van der Waals surface area contributed by atoms with Crippen LogP contribution in [0, 0.1) is 11.8 Å². The molecule has 0 aromatic heterocycles. The summed E-state index contributed by atoms with van der Waals surface area (Å²) in [6, 6.07) is 9.30. The van der Waals surface area contributed by atoms with Gasteiger partial charge in [0.2, 0.25) is 0 Å². The van der Waals surface area contributed by atoms with Gasteiger partial charge in [-0.3, -0.25) is 0 Å². The lowest BCUT2D eigenvalue weighted by molar-refractivity contribution is 0.407. The molecule has 0 aliphatic carbocycles. The highest BCUT2D eigenvalue weighted by atomic mass is 14.2. The van der Waals surface area contributed by atoms with E-state index in [0.29, 0.717) is 11.8 Å². The van der Waals surface area contributed by atoms with Gasteiger partial charge >= 0.3 is 0 Å². The van der Waals surface area contributed by atoms with E-state index in [1.165, 1.54) is 17.5 Å². The summed E-state index contributed by atoms with van der Waals surface area (Å²) in [7, 11) is 0. The van der Waals surface area contributed by atoms with Crippen LogP contribution in [0.3, 0.4) is 0 Å². The SMILES string of the molecule is C.CC(C)CC(c1ccc(C(C)(C)C)cc1)C(C)C. The second-order valence-corrected chi connectivity index (χ2v) is 7.35. The smallest absolute Gasteiger partial charge is 0.0132 e. The molecule has 0 fully saturated rings. The third-order valence-corrected chi connectivity index (χ3v) is 3.73. The molecule has 0 spiro atoms. The van der Waals surface area contributed by atoms with Crippen LogP contribution in [0.4, 0.5) is 0 Å². The molecule has 0 amide bonds. The largest absolute Gasteiger partial charge is 0.0776 e. The first-order valence-electron chi connectivity index (χ1n) is 7.32. The summed E-state index contributed by atoms with van der Waals surface area (Å²) in [4.78, 5) is 0. The molecule has 1 aromatic carbocycles. The molecule has 110 valence electrons. The fourth-order valence-corrected chi connectivity index (χ4v) is 2.53.